The summed E-state index contributed by atoms with van der Waals surface area (Å²) in [6.07, 6.45) is 4.58. The van der Waals surface area contributed by atoms with E-state index in [1.54, 1.807) is 9.36 Å². The Morgan fingerprint density at radius 1 is 0.810 bits per heavy atom. The molecule has 2 aliphatic heterocycles. The van der Waals surface area contributed by atoms with Crippen molar-refractivity contribution in [2.45, 2.75) is 37.8 Å². The van der Waals surface area contributed by atoms with Crippen molar-refractivity contribution >= 4 is 0 Å². The molecule has 3 fully saturated rings. The van der Waals surface area contributed by atoms with Crippen molar-refractivity contribution < 1.29 is 0 Å². The van der Waals surface area contributed by atoms with Crippen LogP contribution in [-0.4, -0.2) is 13.9 Å². The molecule has 3 aliphatic carbocycles. The van der Waals surface area contributed by atoms with Crippen LogP contribution in [0.1, 0.15) is 37.8 Å². The molecule has 4 atom stereocenters. The third-order valence-electron chi connectivity index (χ3n) is 5.73. The van der Waals surface area contributed by atoms with Gasteiger partial charge in [0, 0.05) is 0 Å². The third-order valence-corrected chi connectivity index (χ3v) is 5.73. The van der Waals surface area contributed by atoms with Gasteiger partial charge >= 0.3 is 11.4 Å². The molecule has 0 radical (unpaired) electrons. The Hall–Kier alpha value is -2.04. The second-order valence-corrected chi connectivity index (χ2v) is 6.63. The van der Waals surface area contributed by atoms with E-state index in [1.165, 1.54) is 17.4 Å². The maximum Gasteiger partial charge on any atom is 0.352 e. The highest BCUT2D eigenvalue weighted by Gasteiger charge is 2.50. The smallest absolute Gasteiger partial charge is 0.245 e. The predicted molar refractivity (Wildman–Crippen MR) is 77.8 cm³/mol. The molecule has 2 aromatic rings. The Bertz CT molecular complexity index is 780. The number of aromatic nitrogens is 3. The minimum atomic E-state index is -0.161. The van der Waals surface area contributed by atoms with E-state index in [4.69, 9.17) is 0 Å². The first kappa shape index (κ1) is 11.6. The van der Waals surface area contributed by atoms with E-state index < -0.39 is 0 Å². The molecule has 5 aliphatic rings. The zero-order valence-corrected chi connectivity index (χ0v) is 11.7. The number of fused-ring (bicyclic) bond motifs is 1. The fourth-order valence-electron chi connectivity index (χ4n) is 4.84. The molecule has 1 aromatic carbocycles. The summed E-state index contributed by atoms with van der Waals surface area (Å²) < 4.78 is 4.88. The summed E-state index contributed by atoms with van der Waals surface area (Å²) in [5, 5.41) is 0. The largest absolute Gasteiger partial charge is 0.352 e. The summed E-state index contributed by atoms with van der Waals surface area (Å²) in [4.78, 5) is 25.6. The van der Waals surface area contributed by atoms with Crippen molar-refractivity contribution in [1.29, 1.82) is 0 Å². The van der Waals surface area contributed by atoms with Crippen LogP contribution in [0.15, 0.2) is 39.9 Å². The van der Waals surface area contributed by atoms with Crippen LogP contribution in [0.25, 0.3) is 5.69 Å². The summed E-state index contributed by atoms with van der Waals surface area (Å²) >= 11 is 0. The van der Waals surface area contributed by atoms with Crippen LogP contribution in [0.3, 0.4) is 0 Å². The predicted octanol–water partition coefficient (Wildman–Crippen LogP) is 1.72. The van der Waals surface area contributed by atoms with Crippen LogP contribution in [0.4, 0.5) is 0 Å². The van der Waals surface area contributed by atoms with Gasteiger partial charge in [-0.1, -0.05) is 18.2 Å². The molecule has 5 heteroatoms. The molecule has 5 nitrogen and oxygen atoms in total. The van der Waals surface area contributed by atoms with Crippen LogP contribution in [0, 0.1) is 11.8 Å². The van der Waals surface area contributed by atoms with E-state index in [2.05, 4.69) is 0 Å². The average molecular weight is 283 g/mol. The van der Waals surface area contributed by atoms with Gasteiger partial charge in [0.05, 0.1) is 17.8 Å². The number of hydrogen-bond donors (Lipinski definition) is 0. The van der Waals surface area contributed by atoms with Gasteiger partial charge in [0.15, 0.2) is 0 Å². The Morgan fingerprint density at radius 3 is 1.81 bits per heavy atom. The second kappa shape index (κ2) is 3.78. The quantitative estimate of drug-likeness (QED) is 0.800. The lowest BCUT2D eigenvalue weighted by Gasteiger charge is -2.52. The highest BCUT2D eigenvalue weighted by molar-refractivity contribution is 5.30. The molecular weight excluding hydrogens is 266 g/mol. The van der Waals surface area contributed by atoms with Gasteiger partial charge in [-0.15, -0.1) is 0 Å². The third kappa shape index (κ3) is 1.32. The minimum absolute atomic E-state index is 0.161. The van der Waals surface area contributed by atoms with E-state index >= 15 is 0 Å². The molecule has 108 valence electrons. The summed E-state index contributed by atoms with van der Waals surface area (Å²) in [5.41, 5.74) is 0.353. The standard InChI is InChI=1S/C16H17N3O2/c20-15-17(12-4-2-1-3-5-12)16(21)19-14-8-10-6-7-11(14)9-13(10)18(15)19/h1-5,10-11,13-14H,6-9H2. The van der Waals surface area contributed by atoms with E-state index in [0.29, 0.717) is 17.5 Å². The molecule has 1 aromatic heterocycles. The Morgan fingerprint density at radius 2 is 1.33 bits per heavy atom. The topological polar surface area (TPSA) is 48.9 Å². The molecule has 21 heavy (non-hydrogen) atoms. The molecule has 0 spiro atoms. The molecule has 4 bridgehead atoms. The average Bonchev–Trinajstić information content (AvgIpc) is 2.81. The van der Waals surface area contributed by atoms with E-state index in [9.17, 15) is 9.59 Å². The summed E-state index contributed by atoms with van der Waals surface area (Å²) in [6.45, 7) is 0. The molecular formula is C16H17N3O2. The number of rotatable bonds is 1. The van der Waals surface area contributed by atoms with Gasteiger partial charge in [0.25, 0.3) is 0 Å². The maximum absolute atomic E-state index is 12.8. The Labute approximate surface area is 121 Å². The van der Waals surface area contributed by atoms with Crippen molar-refractivity contribution in [2.24, 2.45) is 11.8 Å². The Balaban J connectivity index is 1.81. The first-order valence-electron chi connectivity index (χ1n) is 7.77. The Kier molecular flexibility index (Phi) is 2.09. The van der Waals surface area contributed by atoms with Gasteiger partial charge in [0.2, 0.25) is 0 Å². The van der Waals surface area contributed by atoms with Crippen molar-refractivity contribution in [3.63, 3.8) is 0 Å². The van der Waals surface area contributed by atoms with Crippen molar-refractivity contribution in [3.8, 4) is 5.69 Å². The van der Waals surface area contributed by atoms with Crippen LogP contribution in [0.2, 0.25) is 0 Å². The van der Waals surface area contributed by atoms with Crippen molar-refractivity contribution in [2.75, 3.05) is 0 Å². The van der Waals surface area contributed by atoms with Crippen LogP contribution < -0.4 is 11.4 Å². The molecule has 3 heterocycles. The van der Waals surface area contributed by atoms with Crippen LogP contribution in [0.5, 0.6) is 0 Å². The maximum atomic E-state index is 12.8. The monoisotopic (exact) mass is 283 g/mol. The van der Waals surface area contributed by atoms with E-state index in [-0.39, 0.29) is 23.5 Å². The van der Waals surface area contributed by atoms with Crippen molar-refractivity contribution in [3.05, 3.63) is 51.3 Å². The van der Waals surface area contributed by atoms with Gasteiger partial charge in [0.1, 0.15) is 0 Å². The highest BCUT2D eigenvalue weighted by Crippen LogP contribution is 2.54. The summed E-state index contributed by atoms with van der Waals surface area (Å²) in [7, 11) is 0. The number of benzene rings is 1. The minimum Gasteiger partial charge on any atom is -0.245 e. The molecule has 0 amide bonds. The first-order valence-corrected chi connectivity index (χ1v) is 7.77. The normalized spacial score (nSPS) is 32.4. The van der Waals surface area contributed by atoms with Crippen molar-refractivity contribution in [1.82, 2.24) is 13.9 Å². The second-order valence-electron chi connectivity index (χ2n) is 6.63. The zero-order chi connectivity index (χ0) is 14.1. The molecule has 4 unspecified atom stereocenters. The fourth-order valence-corrected chi connectivity index (χ4v) is 4.84. The number of nitrogens with zero attached hydrogens (tertiary/aromatic N) is 3. The van der Waals surface area contributed by atoms with Gasteiger partial charge in [-0.05, 0) is 49.7 Å². The van der Waals surface area contributed by atoms with Gasteiger partial charge in [-0.3, -0.25) is 0 Å². The van der Waals surface area contributed by atoms with Gasteiger partial charge in [-0.2, -0.15) is 0 Å². The molecule has 0 saturated heterocycles. The summed E-state index contributed by atoms with van der Waals surface area (Å²) in [6, 6.07) is 9.74. The lowest BCUT2D eigenvalue weighted by Crippen LogP contribution is -2.52. The van der Waals surface area contributed by atoms with Gasteiger partial charge in [-0.25, -0.2) is 23.5 Å². The molecule has 3 saturated carbocycles. The number of hydrogen-bond acceptors (Lipinski definition) is 2. The lowest BCUT2D eigenvalue weighted by molar-refractivity contribution is -0.0270. The fraction of sp³-hybridized carbons (Fsp3) is 0.500. The van der Waals surface area contributed by atoms with Gasteiger partial charge < -0.3 is 0 Å². The summed E-state index contributed by atoms with van der Waals surface area (Å²) in [5.74, 6) is 1.17. The van der Waals surface area contributed by atoms with Crippen LogP contribution in [-0.2, 0) is 0 Å². The number of para-hydroxylation sites is 1. The SMILES string of the molecule is O=c1n(-c2ccccc2)c(=O)n2n1C1CC3CCC1CC32. The molecule has 7 rings (SSSR count). The lowest BCUT2D eigenvalue weighted by atomic mass is 9.64. The van der Waals surface area contributed by atoms with E-state index in [1.807, 2.05) is 30.3 Å². The van der Waals surface area contributed by atoms with E-state index in [0.717, 1.165) is 12.8 Å². The molecule has 0 N–H and O–H groups in total. The van der Waals surface area contributed by atoms with Crippen LogP contribution >= 0.6 is 0 Å². The highest BCUT2D eigenvalue weighted by atomic mass is 16.2. The zero-order valence-electron chi connectivity index (χ0n) is 11.7. The first-order chi connectivity index (χ1) is 10.3.